The second-order valence-corrected chi connectivity index (χ2v) is 7.48. The van der Waals surface area contributed by atoms with E-state index < -0.39 is 0 Å². The van der Waals surface area contributed by atoms with Gasteiger partial charge in [-0.05, 0) is 44.7 Å². The van der Waals surface area contributed by atoms with Crippen molar-refractivity contribution in [3.8, 4) is 0 Å². The quantitative estimate of drug-likeness (QED) is 0.817. The number of nitrogens with one attached hydrogen (secondary N) is 1. The summed E-state index contributed by atoms with van der Waals surface area (Å²) in [5.74, 6) is 1.42. The summed E-state index contributed by atoms with van der Waals surface area (Å²) in [6.07, 6.45) is 5.11. The van der Waals surface area contributed by atoms with Crippen molar-refractivity contribution in [2.24, 2.45) is 5.92 Å². The van der Waals surface area contributed by atoms with Crippen LogP contribution >= 0.6 is 0 Å². The van der Waals surface area contributed by atoms with Gasteiger partial charge >= 0.3 is 0 Å². The van der Waals surface area contributed by atoms with Crippen LogP contribution in [0.25, 0.3) is 11.0 Å². The number of hydrogen-bond acceptors (Lipinski definition) is 3. The third-order valence-corrected chi connectivity index (χ3v) is 5.52. The number of piperidine rings is 1. The first kappa shape index (κ1) is 18.7. The van der Waals surface area contributed by atoms with E-state index in [2.05, 4.69) is 59.8 Å². The minimum atomic E-state index is 0.133. The third kappa shape index (κ3) is 4.02. The third-order valence-electron chi connectivity index (χ3n) is 5.52. The fourth-order valence-electron chi connectivity index (χ4n) is 3.65. The predicted octanol–water partition coefficient (Wildman–Crippen LogP) is 3.97. The highest BCUT2D eigenvalue weighted by molar-refractivity contribution is 5.80. The number of fused-ring (bicyclic) bond motifs is 1. The van der Waals surface area contributed by atoms with Crippen molar-refractivity contribution in [2.45, 2.75) is 65.5 Å². The Balaban J connectivity index is 1.72. The van der Waals surface area contributed by atoms with Gasteiger partial charge in [0.25, 0.3) is 0 Å². The molecule has 5 nitrogen and oxygen atoms in total. The average Bonchev–Trinajstić information content (AvgIpc) is 3.04. The van der Waals surface area contributed by atoms with E-state index in [0.29, 0.717) is 0 Å². The molecule has 0 radical (unpaired) electrons. The normalized spacial score (nSPS) is 16.8. The van der Waals surface area contributed by atoms with Crippen molar-refractivity contribution in [1.82, 2.24) is 14.9 Å². The Morgan fingerprint density at radius 3 is 2.69 bits per heavy atom. The van der Waals surface area contributed by atoms with Gasteiger partial charge in [-0.2, -0.15) is 0 Å². The highest BCUT2D eigenvalue weighted by Crippen LogP contribution is 2.27. The number of aryl methyl sites for hydroxylation is 1. The lowest BCUT2D eigenvalue weighted by molar-refractivity contribution is -0.126. The first-order valence-corrected chi connectivity index (χ1v) is 10.1. The van der Waals surface area contributed by atoms with E-state index >= 15 is 0 Å². The number of imidazole rings is 1. The summed E-state index contributed by atoms with van der Waals surface area (Å²) < 4.78 is 2.36. The Morgan fingerprint density at radius 1 is 1.27 bits per heavy atom. The van der Waals surface area contributed by atoms with Gasteiger partial charge in [0.2, 0.25) is 11.9 Å². The van der Waals surface area contributed by atoms with Crippen molar-refractivity contribution < 1.29 is 4.79 Å². The number of unbranched alkanes of at least 4 members (excludes halogenated alkanes) is 1. The molecule has 2 aromatic rings. The smallest absolute Gasteiger partial charge is 0.223 e. The molecule has 26 heavy (non-hydrogen) atoms. The molecule has 0 bridgehead atoms. The molecule has 2 heterocycles. The maximum atomic E-state index is 12.4. The molecule has 1 amide bonds. The molecule has 142 valence electrons. The highest BCUT2D eigenvalue weighted by atomic mass is 16.1. The van der Waals surface area contributed by atoms with E-state index in [1.54, 1.807) is 0 Å². The zero-order valence-electron chi connectivity index (χ0n) is 16.4. The lowest BCUT2D eigenvalue weighted by Gasteiger charge is -2.33. The van der Waals surface area contributed by atoms with Crippen LogP contribution in [0.5, 0.6) is 0 Å². The number of benzene rings is 1. The number of rotatable bonds is 7. The Hall–Kier alpha value is -2.04. The van der Waals surface area contributed by atoms with Gasteiger partial charge in [-0.25, -0.2) is 4.98 Å². The highest BCUT2D eigenvalue weighted by Gasteiger charge is 2.28. The van der Waals surface area contributed by atoms with Gasteiger partial charge in [0.1, 0.15) is 0 Å². The number of nitrogens with zero attached hydrogens (tertiary/aromatic N) is 3. The maximum Gasteiger partial charge on any atom is 0.223 e. The van der Waals surface area contributed by atoms with E-state index in [4.69, 9.17) is 4.98 Å². The number of carbonyl (C=O) groups excluding carboxylic acids is 1. The van der Waals surface area contributed by atoms with E-state index in [1.807, 2.05) is 0 Å². The number of aromatic nitrogens is 2. The summed E-state index contributed by atoms with van der Waals surface area (Å²) in [5, 5.41) is 3.14. The average molecular weight is 357 g/mol. The van der Waals surface area contributed by atoms with Gasteiger partial charge in [-0.15, -0.1) is 0 Å². The summed E-state index contributed by atoms with van der Waals surface area (Å²) in [5.41, 5.74) is 2.28. The molecule has 1 aromatic carbocycles. The summed E-state index contributed by atoms with van der Waals surface area (Å²) in [7, 11) is 0. The second kappa shape index (κ2) is 8.56. The molecule has 1 aromatic heterocycles. The fraction of sp³-hybridized carbons (Fsp3) is 0.619. The van der Waals surface area contributed by atoms with Crippen molar-refractivity contribution in [3.05, 3.63) is 24.3 Å². The molecule has 0 spiro atoms. The van der Waals surface area contributed by atoms with E-state index in [1.165, 1.54) is 11.9 Å². The van der Waals surface area contributed by atoms with Crippen LogP contribution in [-0.4, -0.2) is 34.6 Å². The first-order valence-electron chi connectivity index (χ1n) is 10.1. The van der Waals surface area contributed by atoms with Crippen LogP contribution < -0.4 is 10.2 Å². The topological polar surface area (TPSA) is 50.2 Å². The summed E-state index contributed by atoms with van der Waals surface area (Å²) in [6, 6.07) is 8.65. The Morgan fingerprint density at radius 2 is 2.00 bits per heavy atom. The number of hydrogen-bond donors (Lipinski definition) is 1. The van der Waals surface area contributed by atoms with Crippen LogP contribution in [0.15, 0.2) is 24.3 Å². The van der Waals surface area contributed by atoms with E-state index in [-0.39, 0.29) is 17.9 Å². The molecule has 1 fully saturated rings. The van der Waals surface area contributed by atoms with Gasteiger partial charge < -0.3 is 14.8 Å². The number of para-hydroxylation sites is 2. The summed E-state index contributed by atoms with van der Waals surface area (Å²) in [4.78, 5) is 19.7. The predicted molar refractivity (Wildman–Crippen MR) is 107 cm³/mol. The van der Waals surface area contributed by atoms with Crippen LogP contribution in [0.4, 0.5) is 5.95 Å². The Labute approximate surface area is 156 Å². The standard InChI is InChI=1S/C21H32N4O/c1-4-6-13-25-19-10-8-7-9-18(19)23-21(25)24-14-11-17(12-15-24)20(26)22-16(3)5-2/h7-10,16-17H,4-6,11-15H2,1-3H3,(H,22,26). The van der Waals surface area contributed by atoms with Gasteiger partial charge in [0.15, 0.2) is 0 Å². The molecule has 0 saturated carbocycles. The Kier molecular flexibility index (Phi) is 6.17. The van der Waals surface area contributed by atoms with Crippen molar-refractivity contribution in [3.63, 3.8) is 0 Å². The Bertz CT molecular complexity index is 731. The maximum absolute atomic E-state index is 12.4. The SMILES string of the molecule is CCCCn1c(N2CCC(C(=O)NC(C)CC)CC2)nc2ccccc21. The van der Waals surface area contributed by atoms with Gasteiger partial charge in [0, 0.05) is 31.6 Å². The van der Waals surface area contributed by atoms with E-state index in [0.717, 1.165) is 56.8 Å². The molecule has 1 unspecified atom stereocenters. The van der Waals surface area contributed by atoms with Gasteiger partial charge in [-0.3, -0.25) is 4.79 Å². The lowest BCUT2D eigenvalue weighted by Crippen LogP contribution is -2.43. The number of anilines is 1. The molecule has 1 saturated heterocycles. The summed E-state index contributed by atoms with van der Waals surface area (Å²) >= 11 is 0. The van der Waals surface area contributed by atoms with Crippen molar-refractivity contribution in [1.29, 1.82) is 0 Å². The van der Waals surface area contributed by atoms with Crippen LogP contribution in [0.1, 0.15) is 52.9 Å². The largest absolute Gasteiger partial charge is 0.353 e. The molecular formula is C21H32N4O. The minimum Gasteiger partial charge on any atom is -0.353 e. The molecule has 0 aliphatic carbocycles. The first-order chi connectivity index (χ1) is 12.6. The summed E-state index contributed by atoms with van der Waals surface area (Å²) in [6.45, 7) is 9.19. The van der Waals surface area contributed by atoms with Crippen LogP contribution in [0.2, 0.25) is 0 Å². The molecule has 5 heteroatoms. The van der Waals surface area contributed by atoms with Crippen molar-refractivity contribution >= 4 is 22.9 Å². The molecule has 1 N–H and O–H groups in total. The van der Waals surface area contributed by atoms with Crippen LogP contribution in [0.3, 0.4) is 0 Å². The number of amides is 1. The van der Waals surface area contributed by atoms with Gasteiger partial charge in [-0.1, -0.05) is 32.4 Å². The molecule has 1 atom stereocenters. The van der Waals surface area contributed by atoms with Crippen LogP contribution in [-0.2, 0) is 11.3 Å². The molecule has 3 rings (SSSR count). The number of carbonyl (C=O) groups is 1. The van der Waals surface area contributed by atoms with Gasteiger partial charge in [0.05, 0.1) is 11.0 Å². The molecule has 1 aliphatic rings. The van der Waals surface area contributed by atoms with Crippen molar-refractivity contribution in [2.75, 3.05) is 18.0 Å². The lowest BCUT2D eigenvalue weighted by atomic mass is 9.95. The van der Waals surface area contributed by atoms with Crippen LogP contribution in [0, 0.1) is 5.92 Å². The fourth-order valence-corrected chi connectivity index (χ4v) is 3.65. The second-order valence-electron chi connectivity index (χ2n) is 7.48. The monoisotopic (exact) mass is 356 g/mol. The van der Waals surface area contributed by atoms with E-state index in [9.17, 15) is 4.79 Å². The zero-order chi connectivity index (χ0) is 18.5. The molecular weight excluding hydrogens is 324 g/mol. The zero-order valence-corrected chi connectivity index (χ0v) is 16.4. The molecule has 1 aliphatic heterocycles. The minimum absolute atomic E-state index is 0.133.